The lowest BCUT2D eigenvalue weighted by molar-refractivity contribution is -0.117. The average molecular weight is 637 g/mol. The maximum Gasteiger partial charge on any atom is 0.262 e. The standard InChI is InChI=1S/C27H23Cl2IN2O4/c1-3-35-25-12-18(11-24(30)26(25)36-16-19-6-7-21(28)13-23(19)29)10-20(14-31)27(33)32-15-17-4-8-22(34-2)9-5-17/h4-13H,3,15-16H2,1-2H3,(H,32,33)/b20-10-. The van der Waals surface area contributed by atoms with Crippen molar-refractivity contribution < 1.29 is 19.0 Å². The summed E-state index contributed by atoms with van der Waals surface area (Å²) in [7, 11) is 1.59. The third kappa shape index (κ3) is 7.53. The van der Waals surface area contributed by atoms with Crippen LogP contribution in [0.15, 0.2) is 60.2 Å². The van der Waals surface area contributed by atoms with Crippen LogP contribution in [0.3, 0.4) is 0 Å². The van der Waals surface area contributed by atoms with Crippen LogP contribution in [0.25, 0.3) is 6.08 Å². The number of carbonyl (C=O) groups excluding carboxylic acids is 1. The molecule has 0 aliphatic heterocycles. The molecule has 0 aliphatic rings. The van der Waals surface area contributed by atoms with E-state index in [0.717, 1.165) is 20.4 Å². The summed E-state index contributed by atoms with van der Waals surface area (Å²) in [4.78, 5) is 12.6. The summed E-state index contributed by atoms with van der Waals surface area (Å²) in [5.41, 5.74) is 2.28. The van der Waals surface area contributed by atoms with Crippen LogP contribution >= 0.6 is 45.8 Å². The minimum absolute atomic E-state index is 0.0247. The second kappa shape index (κ2) is 13.4. The maximum atomic E-state index is 12.6. The highest BCUT2D eigenvalue weighted by molar-refractivity contribution is 14.1. The number of benzene rings is 3. The fraction of sp³-hybridized carbons (Fsp3) is 0.185. The lowest BCUT2D eigenvalue weighted by Crippen LogP contribution is -2.23. The molecule has 0 radical (unpaired) electrons. The van der Waals surface area contributed by atoms with Gasteiger partial charge in [0, 0.05) is 22.2 Å². The van der Waals surface area contributed by atoms with Crippen molar-refractivity contribution in [3.8, 4) is 23.3 Å². The molecule has 1 amide bonds. The molecule has 36 heavy (non-hydrogen) atoms. The Morgan fingerprint density at radius 3 is 2.50 bits per heavy atom. The van der Waals surface area contributed by atoms with Gasteiger partial charge < -0.3 is 19.5 Å². The second-order valence-corrected chi connectivity index (χ2v) is 9.49. The van der Waals surface area contributed by atoms with Gasteiger partial charge in [0.05, 0.1) is 17.3 Å². The van der Waals surface area contributed by atoms with E-state index in [1.54, 1.807) is 31.4 Å². The van der Waals surface area contributed by atoms with E-state index in [9.17, 15) is 10.1 Å². The molecule has 0 saturated carbocycles. The van der Waals surface area contributed by atoms with Crippen LogP contribution in [0.1, 0.15) is 23.6 Å². The minimum atomic E-state index is -0.473. The Bertz CT molecular complexity index is 1300. The summed E-state index contributed by atoms with van der Waals surface area (Å²) in [5.74, 6) is 1.30. The number of methoxy groups -OCH3 is 1. The van der Waals surface area contributed by atoms with E-state index in [0.29, 0.717) is 33.7 Å². The third-order valence-corrected chi connectivity index (χ3v) is 6.40. The summed E-state index contributed by atoms with van der Waals surface area (Å²) < 4.78 is 17.7. The zero-order valence-electron chi connectivity index (χ0n) is 19.6. The molecule has 0 aliphatic carbocycles. The summed E-state index contributed by atoms with van der Waals surface area (Å²) in [6.07, 6.45) is 1.52. The molecule has 0 atom stereocenters. The summed E-state index contributed by atoms with van der Waals surface area (Å²) in [6.45, 7) is 2.78. The van der Waals surface area contributed by atoms with Gasteiger partial charge in [0.1, 0.15) is 24.0 Å². The molecule has 0 bridgehead atoms. The molecule has 186 valence electrons. The first-order chi connectivity index (χ1) is 17.3. The molecule has 3 rings (SSSR count). The Morgan fingerprint density at radius 1 is 1.11 bits per heavy atom. The normalized spacial score (nSPS) is 10.9. The number of nitriles is 1. The zero-order valence-corrected chi connectivity index (χ0v) is 23.3. The molecule has 0 fully saturated rings. The number of hydrogen-bond donors (Lipinski definition) is 1. The van der Waals surface area contributed by atoms with Crippen molar-refractivity contribution in [1.29, 1.82) is 5.26 Å². The number of rotatable bonds is 10. The van der Waals surface area contributed by atoms with Crippen molar-refractivity contribution >= 4 is 57.8 Å². The fourth-order valence-electron chi connectivity index (χ4n) is 3.20. The van der Waals surface area contributed by atoms with Gasteiger partial charge in [0.2, 0.25) is 0 Å². The number of nitrogens with zero attached hydrogens (tertiary/aromatic N) is 1. The van der Waals surface area contributed by atoms with Crippen molar-refractivity contribution in [2.75, 3.05) is 13.7 Å². The first-order valence-electron chi connectivity index (χ1n) is 10.9. The van der Waals surface area contributed by atoms with Gasteiger partial charge in [-0.1, -0.05) is 41.4 Å². The van der Waals surface area contributed by atoms with E-state index < -0.39 is 5.91 Å². The monoisotopic (exact) mass is 636 g/mol. The number of carbonyl (C=O) groups is 1. The first kappa shape index (κ1) is 27.7. The lowest BCUT2D eigenvalue weighted by atomic mass is 10.1. The summed E-state index contributed by atoms with van der Waals surface area (Å²) in [5, 5.41) is 13.4. The van der Waals surface area contributed by atoms with E-state index in [1.807, 2.05) is 43.3 Å². The Morgan fingerprint density at radius 2 is 1.86 bits per heavy atom. The Balaban J connectivity index is 1.77. The van der Waals surface area contributed by atoms with Gasteiger partial charge >= 0.3 is 0 Å². The number of amides is 1. The highest BCUT2D eigenvalue weighted by atomic mass is 127. The largest absolute Gasteiger partial charge is 0.497 e. The quantitative estimate of drug-likeness (QED) is 0.150. The van der Waals surface area contributed by atoms with Gasteiger partial charge in [0.15, 0.2) is 11.5 Å². The van der Waals surface area contributed by atoms with E-state index >= 15 is 0 Å². The lowest BCUT2D eigenvalue weighted by Gasteiger charge is -2.15. The van der Waals surface area contributed by atoms with Gasteiger partial charge in [-0.25, -0.2) is 0 Å². The topological polar surface area (TPSA) is 80.6 Å². The number of ether oxygens (including phenoxy) is 3. The molecular weight excluding hydrogens is 614 g/mol. The average Bonchev–Trinajstić information content (AvgIpc) is 2.86. The molecule has 1 N–H and O–H groups in total. The smallest absolute Gasteiger partial charge is 0.262 e. The zero-order chi connectivity index (χ0) is 26.1. The molecule has 0 spiro atoms. The van der Waals surface area contributed by atoms with Crippen LogP contribution < -0.4 is 19.5 Å². The molecule has 0 saturated heterocycles. The van der Waals surface area contributed by atoms with E-state index in [4.69, 9.17) is 37.4 Å². The molecule has 0 aromatic heterocycles. The SMILES string of the molecule is CCOc1cc(/C=C(/C#N)C(=O)NCc2ccc(OC)cc2)cc(I)c1OCc1ccc(Cl)cc1Cl. The summed E-state index contributed by atoms with van der Waals surface area (Å²) >= 11 is 14.4. The van der Waals surface area contributed by atoms with Crippen LogP contribution in [-0.4, -0.2) is 19.6 Å². The third-order valence-electron chi connectivity index (χ3n) is 5.01. The van der Waals surface area contributed by atoms with E-state index in [1.165, 1.54) is 6.08 Å². The van der Waals surface area contributed by atoms with Crippen LogP contribution in [0, 0.1) is 14.9 Å². The Hall–Kier alpha value is -2.93. The molecule has 6 nitrogen and oxygen atoms in total. The Kier molecular flexibility index (Phi) is 10.3. The van der Waals surface area contributed by atoms with Gasteiger partial charge in [-0.15, -0.1) is 0 Å². The van der Waals surface area contributed by atoms with E-state index in [2.05, 4.69) is 27.9 Å². The molecule has 0 heterocycles. The van der Waals surface area contributed by atoms with Gasteiger partial charge in [-0.3, -0.25) is 4.79 Å². The summed E-state index contributed by atoms with van der Waals surface area (Å²) in [6, 6.07) is 18.1. The van der Waals surface area contributed by atoms with Gasteiger partial charge in [0.25, 0.3) is 5.91 Å². The highest BCUT2D eigenvalue weighted by Crippen LogP contribution is 2.36. The predicted molar refractivity (Wildman–Crippen MR) is 150 cm³/mol. The van der Waals surface area contributed by atoms with Crippen molar-refractivity contribution in [2.24, 2.45) is 0 Å². The number of halogens is 3. The minimum Gasteiger partial charge on any atom is -0.497 e. The van der Waals surface area contributed by atoms with Crippen molar-refractivity contribution in [2.45, 2.75) is 20.1 Å². The van der Waals surface area contributed by atoms with Crippen molar-refractivity contribution in [1.82, 2.24) is 5.32 Å². The van der Waals surface area contributed by atoms with Crippen molar-refractivity contribution in [3.05, 3.63) is 90.5 Å². The Labute approximate surface area is 233 Å². The molecule has 0 unspecified atom stereocenters. The molecular formula is C27H23Cl2IN2O4. The van der Waals surface area contributed by atoms with Crippen LogP contribution in [-0.2, 0) is 17.9 Å². The first-order valence-corrected chi connectivity index (χ1v) is 12.7. The van der Waals surface area contributed by atoms with Crippen molar-refractivity contribution in [3.63, 3.8) is 0 Å². The molecule has 3 aromatic carbocycles. The highest BCUT2D eigenvalue weighted by Gasteiger charge is 2.15. The van der Waals surface area contributed by atoms with Crippen LogP contribution in [0.2, 0.25) is 10.0 Å². The van der Waals surface area contributed by atoms with Crippen LogP contribution in [0.5, 0.6) is 17.2 Å². The number of hydrogen-bond acceptors (Lipinski definition) is 5. The van der Waals surface area contributed by atoms with E-state index in [-0.39, 0.29) is 18.7 Å². The molecule has 9 heteroatoms. The fourth-order valence-corrected chi connectivity index (χ4v) is 4.44. The maximum absolute atomic E-state index is 12.6. The molecule has 3 aromatic rings. The van der Waals surface area contributed by atoms with Gasteiger partial charge in [-0.05, 0) is 83.1 Å². The van der Waals surface area contributed by atoms with Crippen LogP contribution in [0.4, 0.5) is 0 Å². The van der Waals surface area contributed by atoms with Gasteiger partial charge in [-0.2, -0.15) is 5.26 Å². The predicted octanol–water partition coefficient (Wildman–Crippen LogP) is 6.81. The second-order valence-electron chi connectivity index (χ2n) is 7.49. The number of nitrogens with one attached hydrogen (secondary N) is 1.